The molecule has 4 atom stereocenters. The van der Waals surface area contributed by atoms with E-state index in [0.29, 0.717) is 28.9 Å². The number of aliphatic imine (C=N–C) groups is 1. The van der Waals surface area contributed by atoms with Crippen LogP contribution in [0.5, 0.6) is 0 Å². The molecule has 3 aliphatic heterocycles. The Morgan fingerprint density at radius 2 is 2.12 bits per heavy atom. The molecule has 6 heteroatoms. The number of guanidine groups is 1. The summed E-state index contributed by atoms with van der Waals surface area (Å²) in [6, 6.07) is 0.584. The fourth-order valence-electron chi connectivity index (χ4n) is 6.07. The molecule has 0 amide bonds. The van der Waals surface area contributed by atoms with Gasteiger partial charge in [0.25, 0.3) is 0 Å². The monoisotopic (exact) mass is 461 g/mol. The van der Waals surface area contributed by atoms with Crippen LogP contribution >= 0.6 is 24.0 Å². The molecule has 3 saturated heterocycles. The van der Waals surface area contributed by atoms with Crippen LogP contribution in [-0.2, 0) is 9.47 Å². The number of rotatable bonds is 2. The lowest BCUT2D eigenvalue weighted by atomic mass is 9.46. The van der Waals surface area contributed by atoms with Crippen molar-refractivity contribution in [1.29, 1.82) is 0 Å². The minimum Gasteiger partial charge on any atom is -0.381 e. The number of fused-ring (bicyclic) bond motifs is 2. The van der Waals surface area contributed by atoms with Gasteiger partial charge in [-0.2, -0.15) is 0 Å². The SMILES string of the molecule is CCN=C(NC1C2CCOC2C12CCC2)N1CCC2(CCOC2)C1.I. The van der Waals surface area contributed by atoms with Gasteiger partial charge in [-0.15, -0.1) is 24.0 Å². The molecule has 2 saturated carbocycles. The van der Waals surface area contributed by atoms with Crippen molar-refractivity contribution in [3.05, 3.63) is 0 Å². The van der Waals surface area contributed by atoms with Crippen molar-refractivity contribution in [2.24, 2.45) is 21.7 Å². The number of likely N-dealkylation sites (tertiary alicyclic amines) is 1. The summed E-state index contributed by atoms with van der Waals surface area (Å²) in [5.41, 5.74) is 0.812. The summed E-state index contributed by atoms with van der Waals surface area (Å²) in [6.45, 7) is 8.08. The van der Waals surface area contributed by atoms with Crippen molar-refractivity contribution in [3.8, 4) is 0 Å². The van der Waals surface area contributed by atoms with E-state index in [1.54, 1.807) is 0 Å². The van der Waals surface area contributed by atoms with Crippen LogP contribution in [0.3, 0.4) is 0 Å². The summed E-state index contributed by atoms with van der Waals surface area (Å²) >= 11 is 0. The zero-order valence-electron chi connectivity index (χ0n) is 15.3. The van der Waals surface area contributed by atoms with Crippen LogP contribution in [0.15, 0.2) is 4.99 Å². The molecule has 25 heavy (non-hydrogen) atoms. The Bertz CT molecular complexity index is 531. The molecule has 142 valence electrons. The quantitative estimate of drug-likeness (QED) is 0.390. The van der Waals surface area contributed by atoms with Crippen LogP contribution in [-0.4, -0.2) is 62.5 Å². The first-order valence-electron chi connectivity index (χ1n) is 10.0. The van der Waals surface area contributed by atoms with E-state index in [0.717, 1.165) is 45.4 Å². The predicted octanol–water partition coefficient (Wildman–Crippen LogP) is 2.64. The fraction of sp³-hybridized carbons (Fsp3) is 0.947. The predicted molar refractivity (Wildman–Crippen MR) is 109 cm³/mol. The maximum absolute atomic E-state index is 6.07. The highest BCUT2D eigenvalue weighted by Crippen LogP contribution is 2.62. The first kappa shape index (κ1) is 18.3. The molecule has 5 fully saturated rings. The van der Waals surface area contributed by atoms with Crippen LogP contribution < -0.4 is 5.32 Å². The number of hydrogen-bond donors (Lipinski definition) is 1. The van der Waals surface area contributed by atoms with Gasteiger partial charge in [0.2, 0.25) is 0 Å². The van der Waals surface area contributed by atoms with E-state index in [2.05, 4.69) is 17.1 Å². The summed E-state index contributed by atoms with van der Waals surface area (Å²) in [4.78, 5) is 7.38. The molecule has 5 aliphatic rings. The van der Waals surface area contributed by atoms with Gasteiger partial charge in [0.1, 0.15) is 0 Å². The van der Waals surface area contributed by atoms with E-state index in [1.807, 2.05) is 0 Å². The second kappa shape index (κ2) is 6.82. The molecule has 4 unspecified atom stereocenters. The summed E-state index contributed by atoms with van der Waals surface area (Å²) in [5, 5.41) is 3.92. The Morgan fingerprint density at radius 3 is 2.80 bits per heavy atom. The number of hydrogen-bond acceptors (Lipinski definition) is 3. The fourth-order valence-corrected chi connectivity index (χ4v) is 6.07. The van der Waals surface area contributed by atoms with E-state index < -0.39 is 0 Å². The lowest BCUT2D eigenvalue weighted by Crippen LogP contribution is -2.72. The maximum Gasteiger partial charge on any atom is 0.194 e. The molecule has 3 heterocycles. The minimum atomic E-state index is 0. The highest BCUT2D eigenvalue weighted by molar-refractivity contribution is 14.0. The molecule has 0 radical (unpaired) electrons. The average Bonchev–Trinajstić information content (AvgIpc) is 3.25. The normalized spacial score (nSPS) is 41.4. The van der Waals surface area contributed by atoms with E-state index in [-0.39, 0.29) is 24.0 Å². The van der Waals surface area contributed by atoms with Gasteiger partial charge in [0, 0.05) is 55.6 Å². The van der Waals surface area contributed by atoms with Crippen LogP contribution in [0, 0.1) is 16.7 Å². The summed E-state index contributed by atoms with van der Waals surface area (Å²) < 4.78 is 11.8. The Hall–Kier alpha value is -0.0800. The maximum atomic E-state index is 6.07. The van der Waals surface area contributed by atoms with Crippen molar-refractivity contribution in [1.82, 2.24) is 10.2 Å². The molecule has 0 aromatic rings. The lowest BCUT2D eigenvalue weighted by molar-refractivity contribution is -0.171. The number of nitrogens with zero attached hydrogens (tertiary/aromatic N) is 2. The van der Waals surface area contributed by atoms with Gasteiger partial charge < -0.3 is 19.7 Å². The van der Waals surface area contributed by atoms with E-state index in [1.165, 1.54) is 38.5 Å². The molecule has 5 nitrogen and oxygen atoms in total. The van der Waals surface area contributed by atoms with Gasteiger partial charge >= 0.3 is 0 Å². The molecular formula is C19H32IN3O2. The van der Waals surface area contributed by atoms with E-state index in [4.69, 9.17) is 14.5 Å². The molecular weight excluding hydrogens is 429 g/mol. The van der Waals surface area contributed by atoms with Crippen LogP contribution in [0.25, 0.3) is 0 Å². The third-order valence-corrected chi connectivity index (χ3v) is 7.55. The number of halogens is 1. The van der Waals surface area contributed by atoms with Gasteiger partial charge in [-0.3, -0.25) is 4.99 Å². The molecule has 0 aromatic carbocycles. The third kappa shape index (κ3) is 2.73. The van der Waals surface area contributed by atoms with Gasteiger partial charge in [0.15, 0.2) is 5.96 Å². The summed E-state index contributed by atoms with van der Waals surface area (Å²) in [5.74, 6) is 1.86. The molecule has 2 spiro atoms. The highest BCUT2D eigenvalue weighted by atomic mass is 127. The first-order chi connectivity index (χ1) is 11.8. The average molecular weight is 461 g/mol. The van der Waals surface area contributed by atoms with E-state index >= 15 is 0 Å². The van der Waals surface area contributed by atoms with Crippen molar-refractivity contribution >= 4 is 29.9 Å². The second-order valence-electron chi connectivity index (χ2n) is 8.72. The third-order valence-electron chi connectivity index (χ3n) is 7.55. The van der Waals surface area contributed by atoms with E-state index in [9.17, 15) is 0 Å². The zero-order valence-corrected chi connectivity index (χ0v) is 17.7. The Kier molecular flexibility index (Phi) is 4.99. The minimum absolute atomic E-state index is 0. The zero-order chi connectivity index (χ0) is 16.2. The number of nitrogens with one attached hydrogen (secondary N) is 1. The summed E-state index contributed by atoms with van der Waals surface area (Å²) in [6.07, 6.45) is 8.26. The second-order valence-corrected chi connectivity index (χ2v) is 8.72. The van der Waals surface area contributed by atoms with Gasteiger partial charge in [0.05, 0.1) is 12.7 Å². The Labute approximate surface area is 168 Å². The van der Waals surface area contributed by atoms with Crippen LogP contribution in [0.2, 0.25) is 0 Å². The molecule has 0 aromatic heterocycles. The Balaban J connectivity index is 0.00000157. The van der Waals surface area contributed by atoms with Gasteiger partial charge in [-0.1, -0.05) is 6.42 Å². The summed E-state index contributed by atoms with van der Waals surface area (Å²) in [7, 11) is 0. The highest BCUT2D eigenvalue weighted by Gasteiger charge is 2.67. The van der Waals surface area contributed by atoms with Gasteiger partial charge in [-0.05, 0) is 39.0 Å². The first-order valence-corrected chi connectivity index (χ1v) is 10.0. The molecule has 1 N–H and O–H groups in total. The standard InChI is InChI=1S/C19H31N3O2.HI/c1-2-20-17(22-9-7-18(12-22)8-11-23-13-18)21-15-14-4-10-24-16(14)19(15)5-3-6-19;/h14-16H,2-13H2,1H3,(H,20,21);1H. The smallest absolute Gasteiger partial charge is 0.194 e. The number of ether oxygens (including phenoxy) is 2. The van der Waals surface area contributed by atoms with Crippen LogP contribution in [0.1, 0.15) is 45.4 Å². The van der Waals surface area contributed by atoms with Gasteiger partial charge in [-0.25, -0.2) is 0 Å². The largest absolute Gasteiger partial charge is 0.381 e. The van der Waals surface area contributed by atoms with Crippen molar-refractivity contribution in [2.75, 3.05) is 39.5 Å². The Morgan fingerprint density at radius 1 is 1.24 bits per heavy atom. The molecule has 0 bridgehead atoms. The van der Waals surface area contributed by atoms with Crippen molar-refractivity contribution in [3.63, 3.8) is 0 Å². The topological polar surface area (TPSA) is 46.1 Å². The lowest BCUT2D eigenvalue weighted by Gasteiger charge is -2.63. The van der Waals surface area contributed by atoms with Crippen molar-refractivity contribution in [2.45, 2.75) is 57.6 Å². The molecule has 2 aliphatic carbocycles. The van der Waals surface area contributed by atoms with Crippen LogP contribution in [0.4, 0.5) is 0 Å². The molecule has 5 rings (SSSR count). The van der Waals surface area contributed by atoms with Crippen molar-refractivity contribution < 1.29 is 9.47 Å².